The highest BCUT2D eigenvalue weighted by Crippen LogP contribution is 2.50. The van der Waals surface area contributed by atoms with Gasteiger partial charge < -0.3 is 10.2 Å². The number of oxime groups is 1. The minimum absolute atomic E-state index is 0.0847. The van der Waals surface area contributed by atoms with Crippen molar-refractivity contribution >= 4 is 34.8 Å². The van der Waals surface area contributed by atoms with Gasteiger partial charge in [-0.3, -0.25) is 9.78 Å². The summed E-state index contributed by atoms with van der Waals surface area (Å²) in [6.07, 6.45) is -8.37. The number of benzene rings is 2. The highest BCUT2D eigenvalue weighted by Gasteiger charge is 2.62. The van der Waals surface area contributed by atoms with Crippen LogP contribution in [0.5, 0.6) is 0 Å². The molecule has 0 saturated heterocycles. The normalized spacial score (nSPS) is 17.4. The first kappa shape index (κ1) is 29.6. The van der Waals surface area contributed by atoms with Gasteiger partial charge in [0, 0.05) is 36.5 Å². The van der Waals surface area contributed by atoms with E-state index in [4.69, 9.17) is 28.0 Å². The molecule has 4 rings (SSSR count). The Bertz CT molecular complexity index is 1470. The topological polar surface area (TPSA) is 63.6 Å². The van der Waals surface area contributed by atoms with Crippen molar-refractivity contribution in [1.82, 2.24) is 10.3 Å². The van der Waals surface area contributed by atoms with Crippen LogP contribution in [0.15, 0.2) is 53.9 Å². The smallest absolute Gasteiger partial charge is 0.374 e. The van der Waals surface area contributed by atoms with E-state index in [0.29, 0.717) is 5.56 Å². The summed E-state index contributed by atoms with van der Waals surface area (Å²) in [5.74, 6) is -1.67. The molecule has 0 fully saturated rings. The second-order valence-electron chi connectivity index (χ2n) is 8.95. The number of hydrogen-bond acceptors (Lipinski definition) is 4. The summed E-state index contributed by atoms with van der Waals surface area (Å²) in [6.45, 7) is 1.42. The fourth-order valence-electron chi connectivity index (χ4n) is 4.25. The lowest BCUT2D eigenvalue weighted by atomic mass is 9.86. The SMILES string of the molecule is Cc1cc(C2=NOC(c3cc(Cl)c(F)c(Cl)c3)(C(F)(F)F)C2)ccc1C(=O)NCCc1cnccc1C(F)(F)F. The van der Waals surface area contributed by atoms with Crippen molar-refractivity contribution in [2.75, 3.05) is 6.54 Å². The number of pyridine rings is 1. The molecule has 1 unspecified atom stereocenters. The van der Waals surface area contributed by atoms with Gasteiger partial charge in [-0.25, -0.2) is 4.39 Å². The number of amides is 1. The molecular formula is C26H18Cl2F7N3O2. The fraction of sp³-hybridized carbons (Fsp3) is 0.269. The zero-order valence-electron chi connectivity index (χ0n) is 20.4. The summed E-state index contributed by atoms with van der Waals surface area (Å²) in [7, 11) is 0. The summed E-state index contributed by atoms with van der Waals surface area (Å²) < 4.78 is 96.0. The second-order valence-corrected chi connectivity index (χ2v) is 9.77. The molecule has 1 amide bonds. The third-order valence-electron chi connectivity index (χ3n) is 6.33. The van der Waals surface area contributed by atoms with Crippen molar-refractivity contribution in [2.45, 2.75) is 37.7 Å². The van der Waals surface area contributed by atoms with Gasteiger partial charge in [0.1, 0.15) is 0 Å². The van der Waals surface area contributed by atoms with Crippen molar-refractivity contribution in [1.29, 1.82) is 0 Å². The van der Waals surface area contributed by atoms with Crippen molar-refractivity contribution in [2.24, 2.45) is 5.16 Å². The van der Waals surface area contributed by atoms with Gasteiger partial charge in [0.2, 0.25) is 0 Å². The molecule has 5 nitrogen and oxygen atoms in total. The number of aryl methyl sites for hydroxylation is 1. The first-order valence-corrected chi connectivity index (χ1v) is 12.3. The van der Waals surface area contributed by atoms with Gasteiger partial charge in [-0.15, -0.1) is 0 Å². The molecule has 1 aliphatic heterocycles. The first-order chi connectivity index (χ1) is 18.6. The number of nitrogens with one attached hydrogen (secondary N) is 1. The molecule has 1 aliphatic rings. The van der Waals surface area contributed by atoms with Crippen LogP contribution in [0.4, 0.5) is 30.7 Å². The zero-order chi connectivity index (χ0) is 29.5. The van der Waals surface area contributed by atoms with Gasteiger partial charge >= 0.3 is 12.4 Å². The number of alkyl halides is 6. The van der Waals surface area contributed by atoms with E-state index in [1.54, 1.807) is 0 Å². The molecule has 1 atom stereocenters. The van der Waals surface area contributed by atoms with Gasteiger partial charge in [0.25, 0.3) is 11.5 Å². The number of aromatic nitrogens is 1. The predicted molar refractivity (Wildman–Crippen MR) is 133 cm³/mol. The molecule has 0 bridgehead atoms. The number of carbonyl (C=O) groups excluding carboxylic acids is 1. The van der Waals surface area contributed by atoms with Gasteiger partial charge in [0.05, 0.1) is 21.3 Å². The molecule has 2 heterocycles. The number of carbonyl (C=O) groups is 1. The van der Waals surface area contributed by atoms with Crippen LogP contribution in [0.1, 0.15) is 44.6 Å². The molecule has 1 aromatic heterocycles. The Morgan fingerprint density at radius 3 is 2.35 bits per heavy atom. The highest BCUT2D eigenvalue weighted by atomic mass is 35.5. The first-order valence-electron chi connectivity index (χ1n) is 11.5. The maximum absolute atomic E-state index is 14.2. The monoisotopic (exact) mass is 607 g/mol. The van der Waals surface area contributed by atoms with Gasteiger partial charge in [-0.2, -0.15) is 26.3 Å². The van der Waals surface area contributed by atoms with Gasteiger partial charge in [-0.1, -0.05) is 34.4 Å². The van der Waals surface area contributed by atoms with Crippen LogP contribution >= 0.6 is 23.2 Å². The number of halogens is 9. The average Bonchev–Trinajstić information content (AvgIpc) is 3.34. The maximum atomic E-state index is 14.2. The van der Waals surface area contributed by atoms with Crippen molar-refractivity contribution in [3.8, 4) is 0 Å². The molecule has 0 radical (unpaired) electrons. The molecule has 0 spiro atoms. The zero-order valence-corrected chi connectivity index (χ0v) is 21.9. The summed E-state index contributed by atoms with van der Waals surface area (Å²) >= 11 is 11.4. The average molecular weight is 608 g/mol. The van der Waals surface area contributed by atoms with E-state index >= 15 is 0 Å². The largest absolute Gasteiger partial charge is 0.435 e. The fourth-order valence-corrected chi connectivity index (χ4v) is 4.74. The summed E-state index contributed by atoms with van der Waals surface area (Å²) in [5.41, 5.74) is -3.79. The number of nitrogens with zero attached hydrogens (tertiary/aromatic N) is 2. The Morgan fingerprint density at radius 2 is 1.75 bits per heavy atom. The van der Waals surface area contributed by atoms with E-state index < -0.39 is 57.3 Å². The van der Waals surface area contributed by atoms with E-state index in [0.717, 1.165) is 30.6 Å². The third-order valence-corrected chi connectivity index (χ3v) is 6.88. The van der Waals surface area contributed by atoms with E-state index in [1.165, 1.54) is 25.1 Å². The van der Waals surface area contributed by atoms with E-state index in [2.05, 4.69) is 15.5 Å². The van der Waals surface area contributed by atoms with E-state index in [-0.39, 0.29) is 35.4 Å². The molecule has 40 heavy (non-hydrogen) atoms. The molecule has 0 aliphatic carbocycles. The van der Waals surface area contributed by atoms with Crippen LogP contribution < -0.4 is 5.32 Å². The van der Waals surface area contributed by atoms with E-state index in [9.17, 15) is 35.5 Å². The Kier molecular flexibility index (Phi) is 8.06. The van der Waals surface area contributed by atoms with Crippen LogP contribution in [0.25, 0.3) is 0 Å². The number of hydrogen-bond donors (Lipinski definition) is 1. The quantitative estimate of drug-likeness (QED) is 0.234. The van der Waals surface area contributed by atoms with Crippen molar-refractivity contribution in [3.05, 3.63) is 98.0 Å². The summed E-state index contributed by atoms with van der Waals surface area (Å²) in [4.78, 5) is 21.3. The highest BCUT2D eigenvalue weighted by molar-refractivity contribution is 6.35. The van der Waals surface area contributed by atoms with Gasteiger partial charge in [0.15, 0.2) is 5.82 Å². The molecular weight excluding hydrogens is 590 g/mol. The third kappa shape index (κ3) is 5.73. The Hall–Kier alpha value is -3.38. The molecule has 212 valence electrons. The maximum Gasteiger partial charge on any atom is 0.435 e. The number of rotatable bonds is 6. The van der Waals surface area contributed by atoms with Crippen molar-refractivity contribution < 1.29 is 40.4 Å². The van der Waals surface area contributed by atoms with E-state index in [1.807, 2.05) is 0 Å². The van der Waals surface area contributed by atoms with Crippen LogP contribution in [0, 0.1) is 12.7 Å². The van der Waals surface area contributed by atoms with Crippen LogP contribution in [-0.2, 0) is 23.0 Å². The predicted octanol–water partition coefficient (Wildman–Crippen LogP) is 7.41. The van der Waals surface area contributed by atoms with Gasteiger partial charge in [-0.05, 0) is 60.4 Å². The lowest BCUT2D eigenvalue weighted by Gasteiger charge is -2.29. The lowest BCUT2D eigenvalue weighted by Crippen LogP contribution is -2.42. The minimum Gasteiger partial charge on any atom is -0.374 e. The Labute approximate surface area is 232 Å². The Morgan fingerprint density at radius 1 is 1.07 bits per heavy atom. The standard InChI is InChI=1S/C26H18Cl2F7N3O2/c1-13-8-14(2-3-17(13)23(39)37-7-4-15-12-36-6-5-18(15)25(30,31)32)21-11-24(40-38-21,26(33,34)35)16-9-19(27)22(29)20(28)10-16/h2-3,5-6,8-10,12H,4,7,11H2,1H3,(H,37,39). The molecule has 3 aromatic rings. The minimum atomic E-state index is -4.99. The van der Waals surface area contributed by atoms with Crippen LogP contribution in [0.3, 0.4) is 0 Å². The summed E-state index contributed by atoms with van der Waals surface area (Å²) in [5, 5.41) is 4.93. The van der Waals surface area contributed by atoms with Crippen LogP contribution in [0.2, 0.25) is 10.0 Å². The molecule has 14 heteroatoms. The lowest BCUT2D eigenvalue weighted by molar-refractivity contribution is -0.275. The van der Waals surface area contributed by atoms with Crippen molar-refractivity contribution in [3.63, 3.8) is 0 Å². The Balaban J connectivity index is 1.50. The molecule has 1 N–H and O–H groups in total. The second kappa shape index (κ2) is 10.9. The molecule has 2 aromatic carbocycles. The van der Waals surface area contributed by atoms with Crippen LogP contribution in [-0.4, -0.2) is 29.3 Å². The molecule has 0 saturated carbocycles. The summed E-state index contributed by atoms with van der Waals surface area (Å²) in [6, 6.07) is 6.55.